The fourth-order valence-electron chi connectivity index (χ4n) is 4.30. The van der Waals surface area contributed by atoms with Crippen LogP contribution < -0.4 is 15.8 Å². The smallest absolute Gasteiger partial charge is 0.387 e. The van der Waals surface area contributed by atoms with E-state index in [4.69, 9.17) is 5.73 Å². The van der Waals surface area contributed by atoms with Gasteiger partial charge in [0.1, 0.15) is 5.75 Å². The van der Waals surface area contributed by atoms with Crippen molar-refractivity contribution in [3.8, 4) is 5.75 Å². The molecule has 1 aromatic rings. The number of ether oxygens (including phenoxy) is 1. The highest BCUT2D eigenvalue weighted by Crippen LogP contribution is 2.39. The lowest BCUT2D eigenvalue weighted by Gasteiger charge is -2.45. The van der Waals surface area contributed by atoms with Crippen LogP contribution in [0.2, 0.25) is 0 Å². The fourth-order valence-corrected chi connectivity index (χ4v) is 4.30. The van der Waals surface area contributed by atoms with Crippen LogP contribution in [0.25, 0.3) is 0 Å². The summed E-state index contributed by atoms with van der Waals surface area (Å²) in [6, 6.07) is 6.84. The van der Waals surface area contributed by atoms with Gasteiger partial charge in [-0.15, -0.1) is 0 Å². The largest absolute Gasteiger partial charge is 0.435 e. The van der Waals surface area contributed by atoms with Crippen molar-refractivity contribution in [2.24, 2.45) is 17.6 Å². The molecule has 1 amide bonds. The fraction of sp³-hybridized carbons (Fsp3) is 0.611. The molecule has 2 aliphatic carbocycles. The molecule has 24 heavy (non-hydrogen) atoms. The van der Waals surface area contributed by atoms with Crippen LogP contribution in [0.3, 0.4) is 0 Å². The average Bonchev–Trinajstić information content (AvgIpc) is 2.49. The molecule has 2 saturated carbocycles. The van der Waals surface area contributed by atoms with Crippen molar-refractivity contribution in [1.82, 2.24) is 5.32 Å². The van der Waals surface area contributed by atoms with E-state index in [0.29, 0.717) is 17.4 Å². The molecule has 6 heteroatoms. The van der Waals surface area contributed by atoms with Crippen LogP contribution in [0.5, 0.6) is 5.75 Å². The SMILES string of the molecule is NC1CC2CCCC(C1)C2NC(=O)Cc1ccccc1OC(F)F. The van der Waals surface area contributed by atoms with Crippen LogP contribution in [-0.2, 0) is 11.2 Å². The standard InChI is InChI=1S/C18H24F2N2O2/c19-18(20)24-15-7-2-1-4-11(15)10-16(23)22-17-12-5-3-6-13(17)9-14(21)8-12/h1-2,4,7,12-14,17-18H,3,5-6,8-10,21H2,(H,22,23). The van der Waals surface area contributed by atoms with Gasteiger partial charge in [-0.1, -0.05) is 24.6 Å². The number of rotatable bonds is 5. The number of fused-ring (bicyclic) bond motifs is 2. The highest BCUT2D eigenvalue weighted by Gasteiger charge is 2.39. The summed E-state index contributed by atoms with van der Waals surface area (Å²) in [5, 5.41) is 3.13. The molecule has 3 rings (SSSR count). The van der Waals surface area contributed by atoms with Crippen LogP contribution in [0.1, 0.15) is 37.7 Å². The van der Waals surface area contributed by atoms with E-state index in [1.165, 1.54) is 12.5 Å². The Kier molecular flexibility index (Phi) is 5.33. The zero-order valence-electron chi connectivity index (χ0n) is 13.6. The number of hydrogen-bond acceptors (Lipinski definition) is 3. The number of carbonyl (C=O) groups excluding carboxylic acids is 1. The number of alkyl halides is 2. The number of nitrogens with one attached hydrogen (secondary N) is 1. The molecule has 0 radical (unpaired) electrons. The number of para-hydroxylation sites is 1. The molecule has 0 aliphatic heterocycles. The van der Waals surface area contributed by atoms with Crippen LogP contribution in [0.4, 0.5) is 8.78 Å². The Bertz CT molecular complexity index is 568. The lowest BCUT2D eigenvalue weighted by molar-refractivity contribution is -0.122. The van der Waals surface area contributed by atoms with Crippen molar-refractivity contribution >= 4 is 5.91 Å². The van der Waals surface area contributed by atoms with Gasteiger partial charge in [-0.25, -0.2) is 0 Å². The predicted molar refractivity (Wildman–Crippen MR) is 86.7 cm³/mol. The number of nitrogens with two attached hydrogens (primary N) is 1. The van der Waals surface area contributed by atoms with Crippen molar-refractivity contribution in [3.63, 3.8) is 0 Å². The maximum absolute atomic E-state index is 12.5. The van der Waals surface area contributed by atoms with Gasteiger partial charge < -0.3 is 15.8 Å². The van der Waals surface area contributed by atoms with Crippen molar-refractivity contribution in [2.75, 3.05) is 0 Å². The summed E-state index contributed by atoms with van der Waals surface area (Å²) >= 11 is 0. The number of benzene rings is 1. The Morgan fingerprint density at radius 3 is 2.58 bits per heavy atom. The monoisotopic (exact) mass is 338 g/mol. The van der Waals surface area contributed by atoms with Gasteiger partial charge in [-0.2, -0.15) is 8.78 Å². The average molecular weight is 338 g/mol. The summed E-state index contributed by atoms with van der Waals surface area (Å²) in [6.07, 6.45) is 5.34. The minimum Gasteiger partial charge on any atom is -0.435 e. The molecule has 3 N–H and O–H groups in total. The van der Waals surface area contributed by atoms with E-state index in [0.717, 1.165) is 25.7 Å². The first-order chi connectivity index (χ1) is 11.5. The number of amides is 1. The quantitative estimate of drug-likeness (QED) is 0.868. The van der Waals surface area contributed by atoms with Crippen molar-refractivity contribution in [2.45, 2.75) is 57.2 Å². The van der Waals surface area contributed by atoms with E-state index < -0.39 is 6.61 Å². The molecule has 2 unspecified atom stereocenters. The second kappa shape index (κ2) is 7.47. The van der Waals surface area contributed by atoms with Crippen LogP contribution in [0, 0.1) is 11.8 Å². The molecular formula is C18H24F2N2O2. The third-order valence-corrected chi connectivity index (χ3v) is 5.24. The van der Waals surface area contributed by atoms with Crippen LogP contribution >= 0.6 is 0 Å². The predicted octanol–water partition coefficient (Wildman–Crippen LogP) is 2.85. The Hall–Kier alpha value is -1.69. The lowest BCUT2D eigenvalue weighted by atomic mass is 9.67. The Morgan fingerprint density at radius 2 is 1.92 bits per heavy atom. The molecule has 0 aromatic heterocycles. The third kappa shape index (κ3) is 4.04. The van der Waals surface area contributed by atoms with Crippen LogP contribution in [-0.4, -0.2) is 24.6 Å². The summed E-state index contributed by atoms with van der Waals surface area (Å²) in [5.41, 5.74) is 6.59. The molecule has 2 bridgehead atoms. The Balaban J connectivity index is 1.64. The molecule has 2 aliphatic rings. The number of carbonyl (C=O) groups is 1. The first-order valence-corrected chi connectivity index (χ1v) is 8.60. The van der Waals surface area contributed by atoms with E-state index in [9.17, 15) is 13.6 Å². The molecule has 0 heterocycles. The van der Waals surface area contributed by atoms with Gasteiger partial charge in [0.05, 0.1) is 6.42 Å². The van der Waals surface area contributed by atoms with Crippen molar-refractivity contribution in [1.29, 1.82) is 0 Å². The summed E-state index contributed by atoms with van der Waals surface area (Å²) < 4.78 is 29.4. The molecule has 1 aromatic carbocycles. The highest BCUT2D eigenvalue weighted by atomic mass is 19.3. The molecule has 132 valence electrons. The van der Waals surface area contributed by atoms with Gasteiger partial charge in [-0.3, -0.25) is 4.79 Å². The van der Waals surface area contributed by atoms with Gasteiger partial charge in [0.15, 0.2) is 0 Å². The van der Waals surface area contributed by atoms with Crippen LogP contribution in [0.15, 0.2) is 24.3 Å². The second-order valence-electron chi connectivity index (χ2n) is 6.94. The van der Waals surface area contributed by atoms with Crippen molar-refractivity contribution < 1.29 is 18.3 Å². The normalized spacial score (nSPS) is 29.3. The first-order valence-electron chi connectivity index (χ1n) is 8.60. The molecule has 2 atom stereocenters. The first kappa shape index (κ1) is 17.1. The summed E-state index contributed by atoms with van der Waals surface area (Å²) in [4.78, 5) is 12.4. The summed E-state index contributed by atoms with van der Waals surface area (Å²) in [7, 11) is 0. The Labute approximate surface area is 140 Å². The molecule has 0 spiro atoms. The zero-order chi connectivity index (χ0) is 17.1. The van der Waals surface area contributed by atoms with Gasteiger partial charge in [-0.05, 0) is 43.6 Å². The topological polar surface area (TPSA) is 64.3 Å². The van der Waals surface area contributed by atoms with Gasteiger partial charge >= 0.3 is 6.61 Å². The van der Waals surface area contributed by atoms with E-state index in [1.807, 2.05) is 0 Å². The van der Waals surface area contributed by atoms with E-state index >= 15 is 0 Å². The minimum atomic E-state index is -2.89. The molecule has 2 fully saturated rings. The maximum Gasteiger partial charge on any atom is 0.387 e. The lowest BCUT2D eigenvalue weighted by Crippen LogP contribution is -2.54. The van der Waals surface area contributed by atoms with E-state index in [2.05, 4.69) is 10.1 Å². The molecule has 0 saturated heterocycles. The third-order valence-electron chi connectivity index (χ3n) is 5.24. The van der Waals surface area contributed by atoms with E-state index in [1.54, 1.807) is 18.2 Å². The number of hydrogen-bond donors (Lipinski definition) is 2. The van der Waals surface area contributed by atoms with E-state index in [-0.39, 0.29) is 30.2 Å². The Morgan fingerprint density at radius 1 is 1.25 bits per heavy atom. The summed E-state index contributed by atoms with van der Waals surface area (Å²) in [5.74, 6) is 0.791. The van der Waals surface area contributed by atoms with Gasteiger partial charge in [0.25, 0.3) is 0 Å². The zero-order valence-corrected chi connectivity index (χ0v) is 13.6. The second-order valence-corrected chi connectivity index (χ2v) is 6.94. The maximum atomic E-state index is 12.5. The highest BCUT2D eigenvalue weighted by molar-refractivity contribution is 5.79. The minimum absolute atomic E-state index is 0.0465. The molecular weight excluding hydrogens is 314 g/mol. The van der Waals surface area contributed by atoms with Gasteiger partial charge in [0, 0.05) is 17.6 Å². The molecule has 4 nitrogen and oxygen atoms in total. The summed E-state index contributed by atoms with van der Waals surface area (Å²) in [6.45, 7) is -2.89. The van der Waals surface area contributed by atoms with Crippen molar-refractivity contribution in [3.05, 3.63) is 29.8 Å². The van der Waals surface area contributed by atoms with Gasteiger partial charge in [0.2, 0.25) is 5.91 Å². The number of halogens is 2.